The Kier molecular flexibility index (Phi) is 4.55. The Hall–Kier alpha value is -0.470. The maximum atomic E-state index is 2.58. The molecule has 0 saturated carbocycles. The molecule has 0 spiro atoms. The second kappa shape index (κ2) is 6.19. The van der Waals surface area contributed by atoms with Crippen LogP contribution in [0.3, 0.4) is 0 Å². The molecular weight excluding hydrogens is 202 g/mol. The summed E-state index contributed by atoms with van der Waals surface area (Å²) in [4.78, 5) is 2.58. The van der Waals surface area contributed by atoms with Crippen molar-refractivity contribution in [2.75, 3.05) is 19.0 Å². The second-order valence-electron chi connectivity index (χ2n) is 4.14. The van der Waals surface area contributed by atoms with Crippen molar-refractivity contribution in [2.24, 2.45) is 0 Å². The van der Waals surface area contributed by atoms with Crippen molar-refractivity contribution in [3.05, 3.63) is 35.9 Å². The van der Waals surface area contributed by atoms with Crippen LogP contribution in [0.5, 0.6) is 0 Å². The standard InChI is InChI=1S/C13H19NS/c1-3-7-13(8-4-1)11-15-12-14-9-5-2-6-10-14/h1,3-4,7-8H,2,5-6,9-12H2. The summed E-state index contributed by atoms with van der Waals surface area (Å²) in [7, 11) is 0. The molecule has 1 fully saturated rings. The zero-order chi connectivity index (χ0) is 10.3. The number of hydrogen-bond acceptors (Lipinski definition) is 2. The van der Waals surface area contributed by atoms with Crippen LogP contribution in [0.1, 0.15) is 24.8 Å². The van der Waals surface area contributed by atoms with E-state index in [1.165, 1.54) is 43.8 Å². The van der Waals surface area contributed by atoms with Crippen LogP contribution in [0.25, 0.3) is 0 Å². The molecule has 0 unspecified atom stereocenters. The summed E-state index contributed by atoms with van der Waals surface area (Å²) >= 11 is 2.04. The van der Waals surface area contributed by atoms with Crippen molar-refractivity contribution < 1.29 is 0 Å². The smallest absolute Gasteiger partial charge is 0.0447 e. The van der Waals surface area contributed by atoms with Crippen molar-refractivity contribution >= 4 is 11.8 Å². The fourth-order valence-corrected chi connectivity index (χ4v) is 2.99. The highest BCUT2D eigenvalue weighted by molar-refractivity contribution is 7.98. The van der Waals surface area contributed by atoms with Gasteiger partial charge in [0.2, 0.25) is 0 Å². The first-order valence-electron chi connectivity index (χ1n) is 5.79. The van der Waals surface area contributed by atoms with E-state index in [1.807, 2.05) is 11.8 Å². The van der Waals surface area contributed by atoms with Gasteiger partial charge < -0.3 is 0 Å². The highest BCUT2D eigenvalue weighted by atomic mass is 32.2. The maximum Gasteiger partial charge on any atom is 0.0447 e. The lowest BCUT2D eigenvalue weighted by molar-refractivity contribution is 0.266. The second-order valence-corrected chi connectivity index (χ2v) is 5.10. The van der Waals surface area contributed by atoms with Crippen molar-refractivity contribution in [3.8, 4) is 0 Å². The van der Waals surface area contributed by atoms with Gasteiger partial charge in [-0.15, -0.1) is 11.8 Å². The van der Waals surface area contributed by atoms with Gasteiger partial charge in [-0.3, -0.25) is 4.90 Å². The van der Waals surface area contributed by atoms with Crippen molar-refractivity contribution in [1.29, 1.82) is 0 Å². The van der Waals surface area contributed by atoms with E-state index in [0.29, 0.717) is 0 Å². The molecule has 1 aliphatic heterocycles. The summed E-state index contributed by atoms with van der Waals surface area (Å²) in [5.74, 6) is 2.35. The molecule has 2 heteroatoms. The van der Waals surface area contributed by atoms with Crippen molar-refractivity contribution in [3.63, 3.8) is 0 Å². The Morgan fingerprint density at radius 3 is 2.47 bits per heavy atom. The minimum atomic E-state index is 1.15. The Labute approximate surface area is 96.9 Å². The first kappa shape index (κ1) is 11.0. The summed E-state index contributed by atoms with van der Waals surface area (Å²) in [5.41, 5.74) is 1.44. The Bertz CT molecular complexity index is 267. The first-order chi connectivity index (χ1) is 7.45. The zero-order valence-electron chi connectivity index (χ0n) is 9.19. The summed E-state index contributed by atoms with van der Waals surface area (Å²) in [5, 5.41) is 0. The van der Waals surface area contributed by atoms with E-state index >= 15 is 0 Å². The summed E-state index contributed by atoms with van der Waals surface area (Å²) in [6.07, 6.45) is 4.22. The third-order valence-electron chi connectivity index (χ3n) is 2.83. The van der Waals surface area contributed by atoms with E-state index in [0.717, 1.165) is 5.75 Å². The van der Waals surface area contributed by atoms with E-state index in [9.17, 15) is 0 Å². The Morgan fingerprint density at radius 1 is 1.00 bits per heavy atom. The lowest BCUT2D eigenvalue weighted by atomic mass is 10.1. The number of piperidine rings is 1. The molecule has 1 aliphatic rings. The van der Waals surface area contributed by atoms with Gasteiger partial charge in [-0.25, -0.2) is 0 Å². The van der Waals surface area contributed by atoms with Crippen LogP contribution < -0.4 is 0 Å². The minimum absolute atomic E-state index is 1.15. The maximum absolute atomic E-state index is 2.58. The van der Waals surface area contributed by atoms with Crippen LogP contribution in [-0.4, -0.2) is 23.9 Å². The molecule has 2 rings (SSSR count). The molecular formula is C13H19NS. The van der Waals surface area contributed by atoms with Crippen LogP contribution in [0.4, 0.5) is 0 Å². The number of benzene rings is 1. The van der Waals surface area contributed by atoms with Crippen LogP contribution in [0.2, 0.25) is 0 Å². The van der Waals surface area contributed by atoms with Gasteiger partial charge >= 0.3 is 0 Å². The quantitative estimate of drug-likeness (QED) is 0.767. The lowest BCUT2D eigenvalue weighted by Crippen LogP contribution is -2.29. The van der Waals surface area contributed by atoms with Gasteiger partial charge in [-0.1, -0.05) is 36.8 Å². The molecule has 15 heavy (non-hydrogen) atoms. The van der Waals surface area contributed by atoms with Crippen molar-refractivity contribution in [1.82, 2.24) is 4.90 Å². The highest BCUT2D eigenvalue weighted by Crippen LogP contribution is 2.16. The van der Waals surface area contributed by atoms with Gasteiger partial charge in [-0.05, 0) is 31.5 Å². The molecule has 0 amide bonds. The van der Waals surface area contributed by atoms with E-state index in [1.54, 1.807) is 0 Å². The molecule has 1 aromatic carbocycles. The third-order valence-corrected chi connectivity index (χ3v) is 3.92. The predicted octanol–water partition coefficient (Wildman–Crippen LogP) is 3.36. The van der Waals surface area contributed by atoms with E-state index in [4.69, 9.17) is 0 Å². The Balaban J connectivity index is 1.66. The van der Waals surface area contributed by atoms with Gasteiger partial charge in [0.25, 0.3) is 0 Å². The van der Waals surface area contributed by atoms with Gasteiger partial charge in [0.1, 0.15) is 0 Å². The van der Waals surface area contributed by atoms with Gasteiger partial charge in [-0.2, -0.15) is 0 Å². The summed E-state index contributed by atoms with van der Waals surface area (Å²) in [6.45, 7) is 2.61. The number of likely N-dealkylation sites (tertiary alicyclic amines) is 1. The van der Waals surface area contributed by atoms with E-state index < -0.39 is 0 Å². The lowest BCUT2D eigenvalue weighted by Gasteiger charge is -2.25. The summed E-state index contributed by atoms with van der Waals surface area (Å²) in [6, 6.07) is 10.7. The van der Waals surface area contributed by atoms with Crippen LogP contribution in [0, 0.1) is 0 Å². The first-order valence-corrected chi connectivity index (χ1v) is 6.94. The molecule has 0 aromatic heterocycles. The highest BCUT2D eigenvalue weighted by Gasteiger charge is 2.08. The van der Waals surface area contributed by atoms with E-state index in [-0.39, 0.29) is 0 Å². The molecule has 1 heterocycles. The molecule has 82 valence electrons. The number of thioether (sulfide) groups is 1. The molecule has 1 saturated heterocycles. The predicted molar refractivity (Wildman–Crippen MR) is 68.0 cm³/mol. The fraction of sp³-hybridized carbons (Fsp3) is 0.538. The Morgan fingerprint density at radius 2 is 1.73 bits per heavy atom. The normalized spacial score (nSPS) is 17.9. The number of rotatable bonds is 4. The van der Waals surface area contributed by atoms with Crippen LogP contribution in [-0.2, 0) is 5.75 Å². The molecule has 0 bridgehead atoms. The van der Waals surface area contributed by atoms with Crippen molar-refractivity contribution in [2.45, 2.75) is 25.0 Å². The molecule has 0 aliphatic carbocycles. The topological polar surface area (TPSA) is 3.24 Å². The van der Waals surface area contributed by atoms with Gasteiger partial charge in [0.15, 0.2) is 0 Å². The zero-order valence-corrected chi connectivity index (χ0v) is 10.0. The SMILES string of the molecule is c1ccc(CSCN2CCCCC2)cc1. The largest absolute Gasteiger partial charge is 0.294 e. The molecule has 1 aromatic rings. The summed E-state index contributed by atoms with van der Waals surface area (Å²) < 4.78 is 0. The molecule has 0 N–H and O–H groups in total. The van der Waals surface area contributed by atoms with Gasteiger partial charge in [0.05, 0.1) is 0 Å². The van der Waals surface area contributed by atoms with E-state index in [2.05, 4.69) is 35.2 Å². The third kappa shape index (κ3) is 3.88. The van der Waals surface area contributed by atoms with Crippen LogP contribution in [0.15, 0.2) is 30.3 Å². The number of hydrogen-bond donors (Lipinski definition) is 0. The van der Waals surface area contributed by atoms with Crippen LogP contribution >= 0.6 is 11.8 Å². The number of nitrogens with zero attached hydrogens (tertiary/aromatic N) is 1. The molecule has 0 atom stereocenters. The average Bonchev–Trinajstić information content (AvgIpc) is 2.32. The molecule has 0 radical (unpaired) electrons. The monoisotopic (exact) mass is 221 g/mol. The average molecular weight is 221 g/mol. The molecule has 1 nitrogen and oxygen atoms in total. The van der Waals surface area contributed by atoms with Gasteiger partial charge in [0, 0.05) is 11.6 Å². The minimum Gasteiger partial charge on any atom is -0.294 e. The fourth-order valence-electron chi connectivity index (χ4n) is 1.96.